The van der Waals surface area contributed by atoms with Crippen LogP contribution in [0.4, 0.5) is 5.69 Å². The first kappa shape index (κ1) is 19.7. The standard InChI is InChI=1S/C14H21N3O.C4H4O4/c1-2-3-18-14-4-13(7-16-8-14)17-9-11-5-15-6-12(11)10-17;5-3(6)1-2-4(7)8/h4,7-8,11-12,15H,2-3,5-6,9-10H2,1H3;1-2H,(H,5,6)(H,7,8)/b;2-1+/t11-,12+;. The fraction of sp³-hybridized carbons (Fsp3) is 0.500. The maximum Gasteiger partial charge on any atom is 0.328 e. The van der Waals surface area contributed by atoms with E-state index in [1.54, 1.807) is 6.20 Å². The first-order valence-electron chi connectivity index (χ1n) is 8.67. The summed E-state index contributed by atoms with van der Waals surface area (Å²) in [6.45, 7) is 7.51. The van der Waals surface area contributed by atoms with Crippen molar-refractivity contribution in [2.24, 2.45) is 11.8 Å². The Labute approximate surface area is 152 Å². The Balaban J connectivity index is 0.000000260. The molecule has 3 heterocycles. The fourth-order valence-corrected chi connectivity index (χ4v) is 3.09. The van der Waals surface area contributed by atoms with Gasteiger partial charge in [-0.2, -0.15) is 0 Å². The van der Waals surface area contributed by atoms with Crippen LogP contribution < -0.4 is 15.0 Å². The number of ether oxygens (including phenoxy) is 1. The summed E-state index contributed by atoms with van der Waals surface area (Å²) in [5.74, 6) is -0.000216. The molecule has 8 nitrogen and oxygen atoms in total. The second kappa shape index (κ2) is 9.76. The minimum absolute atomic E-state index is 0.558. The monoisotopic (exact) mass is 363 g/mol. The molecule has 1 aromatic heterocycles. The second-order valence-electron chi connectivity index (χ2n) is 6.32. The lowest BCUT2D eigenvalue weighted by Crippen LogP contribution is -2.25. The number of fused-ring (bicyclic) bond motifs is 1. The normalized spacial score (nSPS) is 21.2. The van der Waals surface area contributed by atoms with Crippen LogP contribution in [0.15, 0.2) is 30.6 Å². The van der Waals surface area contributed by atoms with Crippen LogP contribution in [0.3, 0.4) is 0 Å². The third-order valence-electron chi connectivity index (χ3n) is 4.29. The average molecular weight is 363 g/mol. The van der Waals surface area contributed by atoms with Gasteiger partial charge in [0.15, 0.2) is 0 Å². The van der Waals surface area contributed by atoms with Crippen molar-refractivity contribution in [2.75, 3.05) is 37.7 Å². The molecule has 0 bridgehead atoms. The smallest absolute Gasteiger partial charge is 0.328 e. The minimum atomic E-state index is -1.26. The Morgan fingerprint density at radius 2 is 1.85 bits per heavy atom. The molecule has 3 N–H and O–H groups in total. The van der Waals surface area contributed by atoms with Crippen LogP contribution in [0, 0.1) is 11.8 Å². The summed E-state index contributed by atoms with van der Waals surface area (Å²) >= 11 is 0. The summed E-state index contributed by atoms with van der Waals surface area (Å²) in [5.41, 5.74) is 1.21. The highest BCUT2D eigenvalue weighted by Gasteiger charge is 2.36. The van der Waals surface area contributed by atoms with Gasteiger partial charge in [0, 0.05) is 44.4 Å². The van der Waals surface area contributed by atoms with Crippen LogP contribution in [0.1, 0.15) is 13.3 Å². The van der Waals surface area contributed by atoms with Gasteiger partial charge in [-0.1, -0.05) is 6.92 Å². The Hall–Kier alpha value is -2.61. The lowest BCUT2D eigenvalue weighted by atomic mass is 10.0. The van der Waals surface area contributed by atoms with Crippen molar-refractivity contribution < 1.29 is 24.5 Å². The van der Waals surface area contributed by atoms with Gasteiger partial charge in [-0.05, 0) is 18.3 Å². The van der Waals surface area contributed by atoms with Gasteiger partial charge >= 0.3 is 11.9 Å². The maximum absolute atomic E-state index is 9.55. The zero-order valence-corrected chi connectivity index (χ0v) is 14.8. The van der Waals surface area contributed by atoms with Crippen molar-refractivity contribution >= 4 is 17.6 Å². The molecule has 0 unspecified atom stereocenters. The Bertz CT molecular complexity index is 621. The number of pyridine rings is 1. The molecule has 0 saturated carbocycles. The number of aromatic nitrogens is 1. The molecule has 0 aliphatic carbocycles. The number of carboxylic acids is 2. The van der Waals surface area contributed by atoms with Gasteiger partial charge in [-0.15, -0.1) is 0 Å². The van der Waals surface area contributed by atoms with Crippen LogP contribution in [-0.2, 0) is 9.59 Å². The molecular formula is C18H25N3O5. The molecule has 2 atom stereocenters. The van der Waals surface area contributed by atoms with Gasteiger partial charge in [0.25, 0.3) is 0 Å². The van der Waals surface area contributed by atoms with Crippen LogP contribution in [-0.4, -0.2) is 59.9 Å². The number of nitrogens with one attached hydrogen (secondary N) is 1. The molecule has 2 saturated heterocycles. The van der Waals surface area contributed by atoms with Crippen LogP contribution >= 0.6 is 0 Å². The van der Waals surface area contributed by atoms with Gasteiger partial charge in [-0.25, -0.2) is 9.59 Å². The summed E-state index contributed by atoms with van der Waals surface area (Å²) in [4.78, 5) is 25.8. The first-order chi connectivity index (χ1) is 12.5. The Morgan fingerprint density at radius 3 is 2.38 bits per heavy atom. The van der Waals surface area contributed by atoms with Crippen molar-refractivity contribution in [3.63, 3.8) is 0 Å². The van der Waals surface area contributed by atoms with E-state index in [-0.39, 0.29) is 0 Å². The highest BCUT2D eigenvalue weighted by atomic mass is 16.5. The predicted molar refractivity (Wildman–Crippen MR) is 96.5 cm³/mol. The van der Waals surface area contributed by atoms with Crippen LogP contribution in [0.2, 0.25) is 0 Å². The number of rotatable bonds is 6. The molecule has 0 amide bonds. The molecule has 142 valence electrons. The number of carbonyl (C=O) groups is 2. The van der Waals surface area contributed by atoms with Crippen molar-refractivity contribution in [1.29, 1.82) is 0 Å². The van der Waals surface area contributed by atoms with Crippen molar-refractivity contribution in [3.05, 3.63) is 30.6 Å². The van der Waals surface area contributed by atoms with Gasteiger partial charge in [0.05, 0.1) is 24.7 Å². The summed E-state index contributed by atoms with van der Waals surface area (Å²) in [6, 6.07) is 2.12. The highest BCUT2D eigenvalue weighted by Crippen LogP contribution is 2.31. The third-order valence-corrected chi connectivity index (χ3v) is 4.29. The zero-order valence-electron chi connectivity index (χ0n) is 14.8. The molecule has 2 fully saturated rings. The number of nitrogens with zero attached hydrogens (tertiary/aromatic N) is 2. The number of anilines is 1. The maximum atomic E-state index is 9.55. The van der Waals surface area contributed by atoms with Gasteiger partial charge in [0.2, 0.25) is 0 Å². The average Bonchev–Trinajstić information content (AvgIpc) is 3.21. The second-order valence-corrected chi connectivity index (χ2v) is 6.32. The molecule has 0 radical (unpaired) electrons. The molecule has 0 spiro atoms. The molecular weight excluding hydrogens is 338 g/mol. The summed E-state index contributed by atoms with van der Waals surface area (Å²) in [5, 5.41) is 19.1. The topological polar surface area (TPSA) is 112 Å². The van der Waals surface area contributed by atoms with Crippen molar-refractivity contribution in [2.45, 2.75) is 13.3 Å². The van der Waals surface area contributed by atoms with Gasteiger partial charge in [-0.3, -0.25) is 4.98 Å². The number of hydrogen-bond donors (Lipinski definition) is 3. The molecule has 1 aromatic rings. The third kappa shape index (κ3) is 6.03. The van der Waals surface area contributed by atoms with E-state index in [0.717, 1.165) is 43.7 Å². The van der Waals surface area contributed by atoms with E-state index in [0.29, 0.717) is 12.2 Å². The lowest BCUT2D eigenvalue weighted by Gasteiger charge is -2.19. The Kier molecular flexibility index (Phi) is 7.40. The summed E-state index contributed by atoms with van der Waals surface area (Å²) < 4.78 is 5.65. The summed E-state index contributed by atoms with van der Waals surface area (Å²) in [6.07, 6.45) is 5.90. The van der Waals surface area contributed by atoms with E-state index in [9.17, 15) is 9.59 Å². The minimum Gasteiger partial charge on any atom is -0.492 e. The fourth-order valence-electron chi connectivity index (χ4n) is 3.09. The van der Waals surface area contributed by atoms with E-state index in [1.807, 2.05) is 6.20 Å². The van der Waals surface area contributed by atoms with E-state index in [1.165, 1.54) is 18.8 Å². The van der Waals surface area contributed by atoms with E-state index < -0.39 is 11.9 Å². The predicted octanol–water partition coefficient (Wildman–Crippen LogP) is 1.24. The molecule has 3 rings (SSSR count). The number of aliphatic carboxylic acids is 2. The lowest BCUT2D eigenvalue weighted by molar-refractivity contribution is -0.134. The Morgan fingerprint density at radius 1 is 1.23 bits per heavy atom. The quantitative estimate of drug-likeness (QED) is 0.647. The summed E-state index contributed by atoms with van der Waals surface area (Å²) in [7, 11) is 0. The van der Waals surface area contributed by atoms with Crippen LogP contribution in [0.5, 0.6) is 5.75 Å². The molecule has 0 aromatic carbocycles. The van der Waals surface area contributed by atoms with Crippen molar-refractivity contribution in [1.82, 2.24) is 10.3 Å². The van der Waals surface area contributed by atoms with Gasteiger partial charge < -0.3 is 25.2 Å². The zero-order chi connectivity index (χ0) is 18.9. The van der Waals surface area contributed by atoms with E-state index >= 15 is 0 Å². The molecule has 2 aliphatic heterocycles. The number of carboxylic acid groups (broad SMARTS) is 2. The van der Waals surface area contributed by atoms with E-state index in [2.05, 4.69) is 28.2 Å². The molecule has 2 aliphatic rings. The molecule has 26 heavy (non-hydrogen) atoms. The van der Waals surface area contributed by atoms with Gasteiger partial charge in [0.1, 0.15) is 5.75 Å². The number of hydrogen-bond acceptors (Lipinski definition) is 6. The molecule has 8 heteroatoms. The van der Waals surface area contributed by atoms with Crippen LogP contribution in [0.25, 0.3) is 0 Å². The van der Waals surface area contributed by atoms with E-state index in [4.69, 9.17) is 14.9 Å². The van der Waals surface area contributed by atoms with Crippen molar-refractivity contribution in [3.8, 4) is 5.75 Å². The SMILES string of the molecule is CCCOc1cncc(N2C[C@H]3CNC[C@H]3C2)c1.O=C(O)/C=C/C(=O)O. The first-order valence-corrected chi connectivity index (χ1v) is 8.67. The highest BCUT2D eigenvalue weighted by molar-refractivity contribution is 5.89. The largest absolute Gasteiger partial charge is 0.492 e.